The molecule has 4 nitrogen and oxygen atoms in total. The number of ketones is 1. The second kappa shape index (κ2) is 6.34. The highest BCUT2D eigenvalue weighted by Crippen LogP contribution is 2.23. The number of nitrogens with two attached hydrogens (primary N) is 1. The Morgan fingerprint density at radius 1 is 1.45 bits per heavy atom. The summed E-state index contributed by atoms with van der Waals surface area (Å²) in [6, 6.07) is 7.59. The van der Waals surface area contributed by atoms with E-state index in [0.29, 0.717) is 22.3 Å². The SMILES string of the molecule is CCOc1ccccc1/C=C/C(=O)c1sc(N)nc1C. The number of carbonyl (C=O) groups excluding carboxylic acids is 1. The lowest BCUT2D eigenvalue weighted by Crippen LogP contribution is -1.95. The predicted molar refractivity (Wildman–Crippen MR) is 82.2 cm³/mol. The molecule has 0 atom stereocenters. The fourth-order valence-corrected chi connectivity index (χ4v) is 2.55. The molecule has 0 fully saturated rings. The Morgan fingerprint density at radius 3 is 2.85 bits per heavy atom. The van der Waals surface area contributed by atoms with E-state index in [0.717, 1.165) is 11.3 Å². The molecule has 0 saturated carbocycles. The number of ether oxygens (including phenoxy) is 1. The molecule has 0 spiro atoms. The van der Waals surface area contributed by atoms with Gasteiger partial charge in [0, 0.05) is 5.56 Å². The molecule has 0 aliphatic rings. The number of aromatic nitrogens is 1. The van der Waals surface area contributed by atoms with Gasteiger partial charge in [0.1, 0.15) is 5.75 Å². The molecule has 0 aliphatic carbocycles. The van der Waals surface area contributed by atoms with E-state index in [-0.39, 0.29) is 5.78 Å². The fraction of sp³-hybridized carbons (Fsp3) is 0.200. The molecule has 1 heterocycles. The zero-order valence-corrected chi connectivity index (χ0v) is 12.2. The van der Waals surface area contributed by atoms with Gasteiger partial charge in [-0.25, -0.2) is 4.98 Å². The van der Waals surface area contributed by atoms with Crippen LogP contribution in [0.1, 0.15) is 27.9 Å². The van der Waals surface area contributed by atoms with E-state index in [1.54, 1.807) is 13.0 Å². The van der Waals surface area contributed by atoms with E-state index in [4.69, 9.17) is 10.5 Å². The van der Waals surface area contributed by atoms with Crippen LogP contribution in [-0.4, -0.2) is 17.4 Å². The molecule has 0 unspecified atom stereocenters. The van der Waals surface area contributed by atoms with Crippen molar-refractivity contribution in [2.45, 2.75) is 13.8 Å². The van der Waals surface area contributed by atoms with Crippen molar-refractivity contribution in [3.8, 4) is 5.75 Å². The summed E-state index contributed by atoms with van der Waals surface area (Å²) in [5.74, 6) is 0.669. The van der Waals surface area contributed by atoms with Gasteiger partial charge in [0.05, 0.1) is 17.2 Å². The molecule has 0 saturated heterocycles. The van der Waals surface area contributed by atoms with Crippen LogP contribution in [0, 0.1) is 6.92 Å². The second-order valence-electron chi connectivity index (χ2n) is 4.14. The van der Waals surface area contributed by atoms with Gasteiger partial charge in [-0.05, 0) is 32.1 Å². The number of aryl methyl sites for hydroxylation is 1. The molecule has 1 aromatic heterocycles. The molecular weight excluding hydrogens is 272 g/mol. The van der Waals surface area contributed by atoms with Crippen molar-refractivity contribution in [1.82, 2.24) is 4.98 Å². The van der Waals surface area contributed by atoms with Crippen LogP contribution in [0.25, 0.3) is 6.08 Å². The minimum absolute atomic E-state index is 0.0944. The zero-order valence-electron chi connectivity index (χ0n) is 11.4. The molecule has 2 N–H and O–H groups in total. The van der Waals surface area contributed by atoms with Gasteiger partial charge in [-0.1, -0.05) is 29.5 Å². The van der Waals surface area contributed by atoms with Gasteiger partial charge in [-0.15, -0.1) is 0 Å². The van der Waals surface area contributed by atoms with Gasteiger partial charge in [0.2, 0.25) is 0 Å². The third-order valence-corrected chi connectivity index (χ3v) is 3.67. The molecule has 104 valence electrons. The molecule has 0 aliphatic heterocycles. The van der Waals surface area contributed by atoms with Crippen molar-refractivity contribution < 1.29 is 9.53 Å². The third-order valence-electron chi connectivity index (χ3n) is 2.67. The number of carbonyl (C=O) groups is 1. The van der Waals surface area contributed by atoms with Crippen LogP contribution >= 0.6 is 11.3 Å². The minimum Gasteiger partial charge on any atom is -0.493 e. The average Bonchev–Trinajstić information content (AvgIpc) is 2.77. The topological polar surface area (TPSA) is 65.2 Å². The lowest BCUT2D eigenvalue weighted by molar-refractivity contribution is 0.105. The number of nitrogens with zero attached hydrogens (tertiary/aromatic N) is 1. The highest BCUT2D eigenvalue weighted by molar-refractivity contribution is 7.17. The number of rotatable bonds is 5. The van der Waals surface area contributed by atoms with E-state index < -0.39 is 0 Å². The Bertz CT molecular complexity index is 647. The number of thiazole rings is 1. The minimum atomic E-state index is -0.0944. The van der Waals surface area contributed by atoms with Crippen molar-refractivity contribution in [1.29, 1.82) is 0 Å². The average molecular weight is 288 g/mol. The molecule has 2 aromatic rings. The number of allylic oxidation sites excluding steroid dienone is 1. The molecule has 5 heteroatoms. The summed E-state index contributed by atoms with van der Waals surface area (Å²) in [7, 11) is 0. The van der Waals surface area contributed by atoms with E-state index in [1.165, 1.54) is 17.4 Å². The van der Waals surface area contributed by atoms with E-state index in [9.17, 15) is 4.79 Å². The normalized spacial score (nSPS) is 10.9. The molecule has 2 rings (SSSR count). The van der Waals surface area contributed by atoms with Gasteiger partial charge < -0.3 is 10.5 Å². The van der Waals surface area contributed by atoms with Crippen LogP contribution in [0.15, 0.2) is 30.3 Å². The molecule has 20 heavy (non-hydrogen) atoms. The summed E-state index contributed by atoms with van der Waals surface area (Å²) >= 11 is 1.21. The second-order valence-corrected chi connectivity index (χ2v) is 5.17. The summed E-state index contributed by atoms with van der Waals surface area (Å²) in [5.41, 5.74) is 7.14. The van der Waals surface area contributed by atoms with Crippen LogP contribution in [0.2, 0.25) is 0 Å². The predicted octanol–water partition coefficient (Wildman–Crippen LogP) is 3.33. The molecule has 0 radical (unpaired) electrons. The Kier molecular flexibility index (Phi) is 4.53. The Morgan fingerprint density at radius 2 is 2.20 bits per heavy atom. The number of hydrogen-bond acceptors (Lipinski definition) is 5. The van der Waals surface area contributed by atoms with Gasteiger partial charge in [0.25, 0.3) is 0 Å². The lowest BCUT2D eigenvalue weighted by Gasteiger charge is -2.05. The number of para-hydroxylation sites is 1. The van der Waals surface area contributed by atoms with E-state index in [1.807, 2.05) is 31.2 Å². The maximum absolute atomic E-state index is 12.1. The smallest absolute Gasteiger partial charge is 0.197 e. The zero-order chi connectivity index (χ0) is 14.5. The fourth-order valence-electron chi connectivity index (χ4n) is 1.79. The number of benzene rings is 1. The van der Waals surface area contributed by atoms with Crippen LogP contribution in [0.4, 0.5) is 5.13 Å². The van der Waals surface area contributed by atoms with Crippen molar-refractivity contribution >= 4 is 28.3 Å². The summed E-state index contributed by atoms with van der Waals surface area (Å²) in [4.78, 5) is 16.7. The summed E-state index contributed by atoms with van der Waals surface area (Å²) < 4.78 is 5.51. The Labute approximate surface area is 121 Å². The van der Waals surface area contributed by atoms with E-state index in [2.05, 4.69) is 4.98 Å². The van der Waals surface area contributed by atoms with Crippen LogP contribution in [0.3, 0.4) is 0 Å². The van der Waals surface area contributed by atoms with Gasteiger partial charge >= 0.3 is 0 Å². The highest BCUT2D eigenvalue weighted by atomic mass is 32.1. The lowest BCUT2D eigenvalue weighted by atomic mass is 10.1. The number of nitrogen functional groups attached to an aromatic ring is 1. The van der Waals surface area contributed by atoms with Crippen LogP contribution in [0.5, 0.6) is 5.75 Å². The summed E-state index contributed by atoms with van der Waals surface area (Å²) in [6.45, 7) is 4.29. The molecule has 0 bridgehead atoms. The first-order valence-electron chi connectivity index (χ1n) is 6.29. The van der Waals surface area contributed by atoms with E-state index >= 15 is 0 Å². The third kappa shape index (κ3) is 3.24. The first-order valence-corrected chi connectivity index (χ1v) is 7.10. The maximum Gasteiger partial charge on any atom is 0.197 e. The van der Waals surface area contributed by atoms with Gasteiger partial charge in [-0.2, -0.15) is 0 Å². The monoisotopic (exact) mass is 288 g/mol. The molecule has 1 aromatic carbocycles. The number of hydrogen-bond donors (Lipinski definition) is 1. The van der Waals surface area contributed by atoms with Crippen LogP contribution in [-0.2, 0) is 0 Å². The van der Waals surface area contributed by atoms with Crippen molar-refractivity contribution in [2.24, 2.45) is 0 Å². The number of anilines is 1. The van der Waals surface area contributed by atoms with Gasteiger partial charge in [-0.3, -0.25) is 4.79 Å². The quantitative estimate of drug-likeness (QED) is 0.677. The maximum atomic E-state index is 12.1. The highest BCUT2D eigenvalue weighted by Gasteiger charge is 2.11. The van der Waals surface area contributed by atoms with Crippen LogP contribution < -0.4 is 10.5 Å². The van der Waals surface area contributed by atoms with Crippen molar-refractivity contribution in [2.75, 3.05) is 12.3 Å². The largest absolute Gasteiger partial charge is 0.493 e. The van der Waals surface area contributed by atoms with Crippen molar-refractivity contribution in [3.63, 3.8) is 0 Å². The Hall–Kier alpha value is -2.14. The summed E-state index contributed by atoms with van der Waals surface area (Å²) in [5, 5.41) is 0.411. The Balaban J connectivity index is 2.21. The first-order chi connectivity index (χ1) is 9.61. The first kappa shape index (κ1) is 14.3. The molecular formula is C15H16N2O2S. The standard InChI is InChI=1S/C15H16N2O2S/c1-3-19-13-7-5-4-6-11(13)8-9-12(18)14-10(2)17-15(16)20-14/h4-9H,3H2,1-2H3,(H2,16,17)/b9-8+. The molecule has 0 amide bonds. The van der Waals surface area contributed by atoms with Gasteiger partial charge in [0.15, 0.2) is 10.9 Å². The summed E-state index contributed by atoms with van der Waals surface area (Å²) in [6.07, 6.45) is 3.28. The van der Waals surface area contributed by atoms with Crippen molar-refractivity contribution in [3.05, 3.63) is 46.5 Å².